The van der Waals surface area contributed by atoms with Gasteiger partial charge in [0.2, 0.25) is 0 Å². The number of benzene rings is 1. The molecule has 96 valence electrons. The van der Waals surface area contributed by atoms with Crippen molar-refractivity contribution in [2.75, 3.05) is 13.7 Å². The Hall–Kier alpha value is -1.16. The Morgan fingerprint density at radius 2 is 2.00 bits per heavy atom. The fourth-order valence-electron chi connectivity index (χ4n) is 1.82. The van der Waals surface area contributed by atoms with Crippen molar-refractivity contribution in [2.45, 2.75) is 20.0 Å². The first-order chi connectivity index (χ1) is 8.01. The topological polar surface area (TPSA) is 35.2 Å². The van der Waals surface area contributed by atoms with Crippen molar-refractivity contribution in [3.8, 4) is 5.75 Å². The molecule has 0 saturated heterocycles. The predicted molar refractivity (Wildman–Crippen MR) is 64.2 cm³/mol. The van der Waals surface area contributed by atoms with E-state index < -0.39 is 12.0 Å². The minimum Gasteiger partial charge on any atom is -0.497 e. The van der Waals surface area contributed by atoms with Gasteiger partial charge in [-0.2, -0.15) is 0 Å². The molecule has 1 aromatic rings. The highest BCUT2D eigenvalue weighted by Gasteiger charge is 2.27. The Morgan fingerprint density at radius 3 is 2.41 bits per heavy atom. The van der Waals surface area contributed by atoms with Gasteiger partial charge >= 0.3 is 0 Å². The first-order valence-corrected chi connectivity index (χ1v) is 5.68. The van der Waals surface area contributed by atoms with E-state index in [2.05, 4.69) is 0 Å². The van der Waals surface area contributed by atoms with E-state index in [4.69, 9.17) is 10.5 Å². The Bertz CT molecular complexity index is 368. The van der Waals surface area contributed by atoms with Gasteiger partial charge in [0.15, 0.2) is 0 Å². The molecule has 0 aliphatic carbocycles. The quantitative estimate of drug-likeness (QED) is 0.862. The van der Waals surface area contributed by atoms with Crippen molar-refractivity contribution in [2.24, 2.45) is 17.6 Å². The summed E-state index contributed by atoms with van der Waals surface area (Å²) in [5, 5.41) is 0. The van der Waals surface area contributed by atoms with Gasteiger partial charge in [0.25, 0.3) is 0 Å². The number of rotatable bonds is 5. The van der Waals surface area contributed by atoms with Crippen molar-refractivity contribution >= 4 is 0 Å². The smallest absolute Gasteiger partial charge is 0.133 e. The Labute approximate surface area is 101 Å². The van der Waals surface area contributed by atoms with E-state index in [9.17, 15) is 8.78 Å². The highest BCUT2D eigenvalue weighted by atomic mass is 19.1. The number of alkyl halides is 1. The molecule has 2 unspecified atom stereocenters. The monoisotopic (exact) mass is 243 g/mol. The standard InChI is InChI=1S/C13H19F2NO/c1-8(2)11(7-16)13(15)10-5-4-9(17-3)6-12(10)14/h4-6,8,11,13H,7,16H2,1-3H3. The molecule has 0 heterocycles. The molecule has 2 nitrogen and oxygen atoms in total. The van der Waals surface area contributed by atoms with E-state index in [1.807, 2.05) is 13.8 Å². The highest BCUT2D eigenvalue weighted by molar-refractivity contribution is 5.30. The Balaban J connectivity index is 2.99. The van der Waals surface area contributed by atoms with Crippen LogP contribution in [-0.2, 0) is 0 Å². The SMILES string of the molecule is COc1ccc(C(F)C(CN)C(C)C)c(F)c1. The average molecular weight is 243 g/mol. The zero-order chi connectivity index (χ0) is 13.0. The molecule has 2 N–H and O–H groups in total. The molecule has 0 aliphatic rings. The van der Waals surface area contributed by atoms with Crippen LogP contribution in [0, 0.1) is 17.7 Å². The minimum absolute atomic E-state index is 0.0509. The third-order valence-corrected chi connectivity index (χ3v) is 3.01. The van der Waals surface area contributed by atoms with E-state index in [1.54, 1.807) is 6.07 Å². The molecule has 0 amide bonds. The van der Waals surface area contributed by atoms with Crippen LogP contribution in [0.4, 0.5) is 8.78 Å². The van der Waals surface area contributed by atoms with Crippen LogP contribution < -0.4 is 10.5 Å². The second-order valence-electron chi connectivity index (χ2n) is 4.43. The second kappa shape index (κ2) is 5.96. The van der Waals surface area contributed by atoms with Gasteiger partial charge in [-0.3, -0.25) is 0 Å². The molecule has 0 saturated carbocycles. The van der Waals surface area contributed by atoms with E-state index in [-0.39, 0.29) is 23.9 Å². The van der Waals surface area contributed by atoms with E-state index >= 15 is 0 Å². The molecular formula is C13H19F2NO. The molecule has 2 atom stereocenters. The van der Waals surface area contributed by atoms with Crippen molar-refractivity contribution in [1.29, 1.82) is 0 Å². The van der Waals surface area contributed by atoms with Gasteiger partial charge in [0.1, 0.15) is 17.7 Å². The van der Waals surface area contributed by atoms with Gasteiger partial charge in [-0.25, -0.2) is 8.78 Å². The average Bonchev–Trinajstić information content (AvgIpc) is 2.28. The number of halogens is 2. The van der Waals surface area contributed by atoms with Crippen LogP contribution in [0.3, 0.4) is 0 Å². The lowest BCUT2D eigenvalue weighted by Gasteiger charge is -2.23. The van der Waals surface area contributed by atoms with Gasteiger partial charge in [0.05, 0.1) is 7.11 Å². The maximum absolute atomic E-state index is 14.2. The summed E-state index contributed by atoms with van der Waals surface area (Å²) in [6.07, 6.45) is -1.38. The van der Waals surface area contributed by atoms with Gasteiger partial charge in [-0.15, -0.1) is 0 Å². The molecule has 0 bridgehead atoms. The maximum atomic E-state index is 14.2. The van der Waals surface area contributed by atoms with Crippen LogP contribution >= 0.6 is 0 Å². The summed E-state index contributed by atoms with van der Waals surface area (Å²) in [5.74, 6) is -0.516. The third-order valence-electron chi connectivity index (χ3n) is 3.01. The number of ether oxygens (including phenoxy) is 1. The summed E-state index contributed by atoms with van der Waals surface area (Å²) < 4.78 is 32.8. The fraction of sp³-hybridized carbons (Fsp3) is 0.538. The number of nitrogens with two attached hydrogens (primary N) is 1. The summed E-state index contributed by atoms with van der Waals surface area (Å²) in [7, 11) is 1.44. The first kappa shape index (κ1) is 13.9. The van der Waals surface area contributed by atoms with Crippen LogP contribution in [0.2, 0.25) is 0 Å². The van der Waals surface area contributed by atoms with Gasteiger partial charge in [-0.05, 0) is 24.6 Å². The number of hydrogen-bond donors (Lipinski definition) is 1. The summed E-state index contributed by atoms with van der Waals surface area (Å²) in [5.41, 5.74) is 5.58. The Kier molecular flexibility index (Phi) is 4.87. The molecule has 0 aliphatic heterocycles. The molecule has 1 rings (SSSR count). The number of hydrogen-bond acceptors (Lipinski definition) is 2. The van der Waals surface area contributed by atoms with E-state index in [0.29, 0.717) is 5.75 Å². The zero-order valence-electron chi connectivity index (χ0n) is 10.4. The van der Waals surface area contributed by atoms with Crippen LogP contribution in [0.1, 0.15) is 25.6 Å². The summed E-state index contributed by atoms with van der Waals surface area (Å²) in [4.78, 5) is 0. The van der Waals surface area contributed by atoms with Crippen molar-refractivity contribution in [1.82, 2.24) is 0 Å². The molecular weight excluding hydrogens is 224 g/mol. The largest absolute Gasteiger partial charge is 0.497 e. The molecule has 0 fully saturated rings. The first-order valence-electron chi connectivity index (χ1n) is 5.68. The lowest BCUT2D eigenvalue weighted by atomic mass is 9.87. The number of methoxy groups -OCH3 is 1. The molecule has 0 spiro atoms. The van der Waals surface area contributed by atoms with Crippen molar-refractivity contribution in [3.05, 3.63) is 29.6 Å². The predicted octanol–water partition coefficient (Wildman–Crippen LogP) is 3.08. The van der Waals surface area contributed by atoms with E-state index in [1.165, 1.54) is 19.2 Å². The van der Waals surface area contributed by atoms with Crippen LogP contribution in [0.15, 0.2) is 18.2 Å². The summed E-state index contributed by atoms with van der Waals surface area (Å²) >= 11 is 0. The van der Waals surface area contributed by atoms with Crippen LogP contribution in [0.5, 0.6) is 5.75 Å². The Morgan fingerprint density at radius 1 is 1.35 bits per heavy atom. The lowest BCUT2D eigenvalue weighted by Crippen LogP contribution is -2.25. The molecule has 0 radical (unpaired) electrons. The summed E-state index contributed by atoms with van der Waals surface area (Å²) in [6, 6.07) is 4.17. The van der Waals surface area contributed by atoms with Crippen LogP contribution in [0.25, 0.3) is 0 Å². The van der Waals surface area contributed by atoms with Gasteiger partial charge in [-0.1, -0.05) is 13.8 Å². The van der Waals surface area contributed by atoms with Crippen molar-refractivity contribution in [3.63, 3.8) is 0 Å². The normalized spacial score (nSPS) is 14.8. The molecule has 1 aromatic carbocycles. The van der Waals surface area contributed by atoms with E-state index in [0.717, 1.165) is 0 Å². The second-order valence-corrected chi connectivity index (χ2v) is 4.43. The van der Waals surface area contributed by atoms with Gasteiger partial charge < -0.3 is 10.5 Å². The lowest BCUT2D eigenvalue weighted by molar-refractivity contribution is 0.184. The molecule has 4 heteroatoms. The van der Waals surface area contributed by atoms with Crippen LogP contribution in [-0.4, -0.2) is 13.7 Å². The fourth-order valence-corrected chi connectivity index (χ4v) is 1.82. The maximum Gasteiger partial charge on any atom is 0.133 e. The zero-order valence-corrected chi connectivity index (χ0v) is 10.4. The molecule has 17 heavy (non-hydrogen) atoms. The third kappa shape index (κ3) is 3.16. The highest BCUT2D eigenvalue weighted by Crippen LogP contribution is 2.33. The van der Waals surface area contributed by atoms with Gasteiger partial charge in [0, 0.05) is 17.5 Å². The van der Waals surface area contributed by atoms with Crippen molar-refractivity contribution < 1.29 is 13.5 Å². The molecule has 0 aromatic heterocycles. The summed E-state index contributed by atoms with van der Waals surface area (Å²) in [6.45, 7) is 3.96. The minimum atomic E-state index is -1.38.